The number of benzene rings is 1. The molecule has 0 spiro atoms. The first-order valence-corrected chi connectivity index (χ1v) is 8.55. The predicted molar refractivity (Wildman–Crippen MR) is 92.0 cm³/mol. The lowest BCUT2D eigenvalue weighted by Gasteiger charge is -2.27. The third kappa shape index (κ3) is 4.41. The molecule has 0 saturated carbocycles. The van der Waals surface area contributed by atoms with Crippen LogP contribution in [0.5, 0.6) is 0 Å². The van der Waals surface area contributed by atoms with Gasteiger partial charge in [0.15, 0.2) is 0 Å². The highest BCUT2D eigenvalue weighted by molar-refractivity contribution is 7.11. The Kier molecular flexibility index (Phi) is 5.72. The van der Waals surface area contributed by atoms with E-state index in [1.54, 1.807) is 11.3 Å². The number of carbonyl (C=O) groups is 1. The lowest BCUT2D eigenvalue weighted by molar-refractivity contribution is -0.133. The summed E-state index contributed by atoms with van der Waals surface area (Å²) in [5, 5.41) is 1.07. The Hall–Kier alpha value is -1.68. The molecule has 1 amide bonds. The molecule has 0 aliphatic carbocycles. The van der Waals surface area contributed by atoms with Crippen molar-refractivity contribution in [2.45, 2.75) is 53.1 Å². The second kappa shape index (κ2) is 7.54. The fourth-order valence-electron chi connectivity index (χ4n) is 2.51. The first kappa shape index (κ1) is 16.7. The Bertz CT molecular complexity index is 619. The summed E-state index contributed by atoms with van der Waals surface area (Å²) in [5.41, 5.74) is 2.24. The van der Waals surface area contributed by atoms with E-state index in [4.69, 9.17) is 0 Å². The van der Waals surface area contributed by atoms with Crippen molar-refractivity contribution in [2.24, 2.45) is 0 Å². The number of hydrogen-bond acceptors (Lipinski definition) is 3. The van der Waals surface area contributed by atoms with Gasteiger partial charge in [-0.15, -0.1) is 11.3 Å². The maximum absolute atomic E-state index is 12.6. The second-order valence-electron chi connectivity index (χ2n) is 5.84. The van der Waals surface area contributed by atoms with E-state index in [0.717, 1.165) is 17.1 Å². The minimum Gasteiger partial charge on any atom is -0.336 e. The van der Waals surface area contributed by atoms with Crippen LogP contribution in [0.2, 0.25) is 0 Å². The van der Waals surface area contributed by atoms with Crippen molar-refractivity contribution >= 4 is 17.2 Å². The Balaban J connectivity index is 1.99. The van der Waals surface area contributed by atoms with Gasteiger partial charge in [-0.3, -0.25) is 4.79 Å². The van der Waals surface area contributed by atoms with Gasteiger partial charge in [-0.25, -0.2) is 4.98 Å². The number of aryl methyl sites for hydroxylation is 3. The molecule has 0 saturated heterocycles. The molecule has 0 unspecified atom stereocenters. The number of aromatic nitrogens is 1. The topological polar surface area (TPSA) is 33.2 Å². The highest BCUT2D eigenvalue weighted by Crippen LogP contribution is 2.20. The molecule has 3 nitrogen and oxygen atoms in total. The fourth-order valence-corrected chi connectivity index (χ4v) is 3.44. The van der Waals surface area contributed by atoms with Crippen LogP contribution in [-0.4, -0.2) is 21.8 Å². The number of rotatable bonds is 6. The van der Waals surface area contributed by atoms with Crippen molar-refractivity contribution in [3.63, 3.8) is 0 Å². The molecule has 22 heavy (non-hydrogen) atoms. The summed E-state index contributed by atoms with van der Waals surface area (Å²) in [6.45, 7) is 8.86. The summed E-state index contributed by atoms with van der Waals surface area (Å²) >= 11 is 1.70. The van der Waals surface area contributed by atoms with Crippen molar-refractivity contribution in [2.75, 3.05) is 0 Å². The lowest BCUT2D eigenvalue weighted by Crippen LogP contribution is -2.36. The van der Waals surface area contributed by atoms with E-state index in [2.05, 4.69) is 31.0 Å². The monoisotopic (exact) mass is 316 g/mol. The van der Waals surface area contributed by atoms with Gasteiger partial charge in [0.1, 0.15) is 0 Å². The van der Waals surface area contributed by atoms with Crippen LogP contribution in [0, 0.1) is 13.8 Å². The van der Waals surface area contributed by atoms with Gasteiger partial charge in [-0.05, 0) is 39.7 Å². The molecule has 118 valence electrons. The standard InChI is InChI=1S/C18H24N2OS/c1-13(2)20(12-16-8-6-5-7-9-16)18(21)11-10-17-14(3)19-15(4)22-17/h5-9,13H,10-12H2,1-4H3. The molecule has 0 aliphatic rings. The van der Waals surface area contributed by atoms with E-state index in [0.29, 0.717) is 13.0 Å². The van der Waals surface area contributed by atoms with Crippen LogP contribution < -0.4 is 0 Å². The maximum Gasteiger partial charge on any atom is 0.223 e. The summed E-state index contributed by atoms with van der Waals surface area (Å²) in [4.78, 5) is 20.2. The fraction of sp³-hybridized carbons (Fsp3) is 0.444. The van der Waals surface area contributed by atoms with Crippen molar-refractivity contribution in [1.29, 1.82) is 0 Å². The van der Waals surface area contributed by atoms with E-state index in [-0.39, 0.29) is 11.9 Å². The smallest absolute Gasteiger partial charge is 0.223 e. The SMILES string of the molecule is Cc1nc(C)c(CCC(=O)N(Cc2ccccc2)C(C)C)s1. The van der Waals surface area contributed by atoms with Gasteiger partial charge in [0, 0.05) is 23.9 Å². The largest absolute Gasteiger partial charge is 0.336 e. The van der Waals surface area contributed by atoms with Crippen molar-refractivity contribution < 1.29 is 4.79 Å². The van der Waals surface area contributed by atoms with Crippen molar-refractivity contribution in [1.82, 2.24) is 9.88 Å². The molecule has 0 bridgehead atoms. The van der Waals surface area contributed by atoms with Gasteiger partial charge in [-0.1, -0.05) is 30.3 Å². The van der Waals surface area contributed by atoms with Crippen LogP contribution in [0.4, 0.5) is 0 Å². The summed E-state index contributed by atoms with van der Waals surface area (Å²) in [7, 11) is 0. The molecule has 2 rings (SSSR count). The second-order valence-corrected chi connectivity index (χ2v) is 7.13. The molecular weight excluding hydrogens is 292 g/mol. The minimum atomic E-state index is 0.206. The van der Waals surface area contributed by atoms with E-state index in [9.17, 15) is 4.79 Å². The molecule has 1 aromatic carbocycles. The summed E-state index contributed by atoms with van der Waals surface area (Å²) < 4.78 is 0. The molecular formula is C18H24N2OS. The maximum atomic E-state index is 12.6. The van der Waals surface area contributed by atoms with Crippen LogP contribution in [0.3, 0.4) is 0 Å². The zero-order valence-electron chi connectivity index (χ0n) is 13.8. The van der Waals surface area contributed by atoms with Crippen molar-refractivity contribution in [3.8, 4) is 0 Å². The normalized spacial score (nSPS) is 11.0. The molecule has 0 aliphatic heterocycles. The molecule has 1 aromatic heterocycles. The highest BCUT2D eigenvalue weighted by Gasteiger charge is 2.18. The first-order chi connectivity index (χ1) is 10.5. The molecule has 0 atom stereocenters. The zero-order valence-corrected chi connectivity index (χ0v) is 14.6. The van der Waals surface area contributed by atoms with Gasteiger partial charge in [0.05, 0.1) is 10.7 Å². The van der Waals surface area contributed by atoms with Crippen LogP contribution in [-0.2, 0) is 17.8 Å². The van der Waals surface area contributed by atoms with Crippen LogP contribution >= 0.6 is 11.3 Å². The van der Waals surface area contributed by atoms with Crippen LogP contribution in [0.1, 0.15) is 41.4 Å². The predicted octanol–water partition coefficient (Wildman–Crippen LogP) is 4.13. The van der Waals surface area contributed by atoms with E-state index in [1.165, 1.54) is 10.4 Å². The molecule has 2 aromatic rings. The highest BCUT2D eigenvalue weighted by atomic mass is 32.1. The summed E-state index contributed by atoms with van der Waals surface area (Å²) in [5.74, 6) is 0.212. The molecule has 1 heterocycles. The number of amides is 1. The summed E-state index contributed by atoms with van der Waals surface area (Å²) in [6, 6.07) is 10.4. The lowest BCUT2D eigenvalue weighted by atomic mass is 10.1. The number of carbonyl (C=O) groups excluding carboxylic acids is 1. The third-order valence-corrected chi connectivity index (χ3v) is 4.84. The van der Waals surface area contributed by atoms with Crippen LogP contribution in [0.15, 0.2) is 30.3 Å². The molecule has 4 heteroatoms. The Morgan fingerprint density at radius 1 is 1.23 bits per heavy atom. The van der Waals surface area contributed by atoms with Gasteiger partial charge in [0.25, 0.3) is 0 Å². The van der Waals surface area contributed by atoms with E-state index in [1.807, 2.05) is 36.9 Å². The molecule has 0 N–H and O–H groups in total. The zero-order chi connectivity index (χ0) is 16.1. The molecule has 0 fully saturated rings. The van der Waals surface area contributed by atoms with Crippen LogP contribution in [0.25, 0.3) is 0 Å². The van der Waals surface area contributed by atoms with Gasteiger partial charge >= 0.3 is 0 Å². The Morgan fingerprint density at radius 2 is 1.91 bits per heavy atom. The number of thiazole rings is 1. The third-order valence-electron chi connectivity index (χ3n) is 3.70. The first-order valence-electron chi connectivity index (χ1n) is 7.73. The van der Waals surface area contributed by atoms with E-state index < -0.39 is 0 Å². The number of hydrogen-bond donors (Lipinski definition) is 0. The average molecular weight is 316 g/mol. The van der Waals surface area contributed by atoms with Gasteiger partial charge in [-0.2, -0.15) is 0 Å². The quantitative estimate of drug-likeness (QED) is 0.803. The van der Waals surface area contributed by atoms with E-state index >= 15 is 0 Å². The number of nitrogens with zero attached hydrogens (tertiary/aromatic N) is 2. The Labute approximate surface area is 137 Å². The van der Waals surface area contributed by atoms with Crippen molar-refractivity contribution in [3.05, 3.63) is 51.5 Å². The molecule has 0 radical (unpaired) electrons. The van der Waals surface area contributed by atoms with Gasteiger partial charge < -0.3 is 4.90 Å². The Morgan fingerprint density at radius 3 is 2.45 bits per heavy atom. The average Bonchev–Trinajstić information content (AvgIpc) is 2.81. The van der Waals surface area contributed by atoms with Gasteiger partial charge in [0.2, 0.25) is 5.91 Å². The summed E-state index contributed by atoms with van der Waals surface area (Å²) in [6.07, 6.45) is 1.33. The minimum absolute atomic E-state index is 0.206.